The molecule has 1 atom stereocenters. The molecule has 0 fully saturated rings. The smallest absolute Gasteiger partial charge is 0.149 e. The molecule has 0 bridgehead atoms. The second-order valence-electron chi connectivity index (χ2n) is 3.68. The Morgan fingerprint density at radius 1 is 1.33 bits per heavy atom. The summed E-state index contributed by atoms with van der Waals surface area (Å²) in [5, 5.41) is 1.95. The minimum Gasteiger partial charge on any atom is -0.298 e. The fourth-order valence-corrected chi connectivity index (χ4v) is 1.84. The van der Waals surface area contributed by atoms with Gasteiger partial charge in [-0.15, -0.1) is 0 Å². The van der Waals surface area contributed by atoms with E-state index in [2.05, 4.69) is 5.43 Å². The van der Waals surface area contributed by atoms with Crippen LogP contribution < -0.4 is 10.4 Å². The quantitative estimate of drug-likeness (QED) is 0.743. The molecule has 0 saturated heterocycles. The van der Waals surface area contributed by atoms with E-state index < -0.39 is 0 Å². The number of carbonyl (C=O) groups is 1. The van der Waals surface area contributed by atoms with Gasteiger partial charge in [-0.05, 0) is 26.0 Å². The van der Waals surface area contributed by atoms with Gasteiger partial charge in [0.25, 0.3) is 0 Å². The van der Waals surface area contributed by atoms with E-state index in [1.807, 2.05) is 49.2 Å². The molecule has 1 heterocycles. The minimum atomic E-state index is 0.0858. The van der Waals surface area contributed by atoms with E-state index in [1.165, 1.54) is 0 Å². The van der Waals surface area contributed by atoms with Crippen LogP contribution in [0, 0.1) is 0 Å². The van der Waals surface area contributed by atoms with E-state index in [1.54, 1.807) is 0 Å². The fraction of sp³-hybridized carbons (Fsp3) is 0.250. The van der Waals surface area contributed by atoms with Crippen LogP contribution in [0.5, 0.6) is 0 Å². The highest BCUT2D eigenvalue weighted by Crippen LogP contribution is 2.24. The minimum absolute atomic E-state index is 0.0858. The lowest BCUT2D eigenvalue weighted by atomic mass is 10.1. The van der Waals surface area contributed by atoms with Crippen molar-refractivity contribution in [3.63, 3.8) is 0 Å². The molecule has 2 rings (SSSR count). The van der Waals surface area contributed by atoms with Crippen molar-refractivity contribution in [1.29, 1.82) is 0 Å². The van der Waals surface area contributed by atoms with Crippen molar-refractivity contribution in [3.05, 3.63) is 41.6 Å². The molecule has 1 aliphatic heterocycles. The van der Waals surface area contributed by atoms with Gasteiger partial charge in [-0.3, -0.25) is 9.80 Å². The lowest BCUT2D eigenvalue weighted by molar-refractivity contribution is -0.105. The topological polar surface area (TPSA) is 32.3 Å². The first-order chi connectivity index (χ1) is 7.24. The Labute approximate surface area is 89.4 Å². The first kappa shape index (κ1) is 9.93. The molecule has 1 aromatic carbocycles. The second-order valence-corrected chi connectivity index (χ2v) is 3.68. The molecular weight excluding hydrogens is 188 g/mol. The molecule has 1 aliphatic rings. The Balaban J connectivity index is 2.35. The Hall–Kier alpha value is -1.61. The molecular formula is C12H14N2O. The number of para-hydroxylation sites is 1. The number of hydrogen-bond acceptors (Lipinski definition) is 3. The number of hydrazine groups is 1. The SMILES string of the molecule is CC1=C(C=O)C(C)NN1c1ccccc1. The van der Waals surface area contributed by atoms with Crippen LogP contribution in [-0.4, -0.2) is 12.3 Å². The summed E-state index contributed by atoms with van der Waals surface area (Å²) in [5.41, 5.74) is 6.10. The van der Waals surface area contributed by atoms with E-state index >= 15 is 0 Å². The largest absolute Gasteiger partial charge is 0.298 e. The van der Waals surface area contributed by atoms with E-state index in [9.17, 15) is 4.79 Å². The molecule has 0 saturated carbocycles. The van der Waals surface area contributed by atoms with E-state index in [4.69, 9.17) is 0 Å². The molecule has 0 aromatic heterocycles. The lowest BCUT2D eigenvalue weighted by Crippen LogP contribution is -2.35. The highest BCUT2D eigenvalue weighted by Gasteiger charge is 2.25. The summed E-state index contributed by atoms with van der Waals surface area (Å²) in [6.45, 7) is 3.93. The average Bonchev–Trinajstić information content (AvgIpc) is 2.55. The Bertz CT molecular complexity index is 397. The molecule has 0 spiro atoms. The maximum atomic E-state index is 10.9. The van der Waals surface area contributed by atoms with Crippen molar-refractivity contribution in [2.24, 2.45) is 0 Å². The zero-order chi connectivity index (χ0) is 10.8. The predicted molar refractivity (Wildman–Crippen MR) is 60.3 cm³/mol. The molecule has 0 radical (unpaired) electrons. The third-order valence-corrected chi connectivity index (χ3v) is 2.68. The molecule has 3 nitrogen and oxygen atoms in total. The molecule has 78 valence electrons. The number of carbonyl (C=O) groups excluding carboxylic acids is 1. The van der Waals surface area contributed by atoms with Crippen molar-refractivity contribution in [2.75, 3.05) is 5.01 Å². The zero-order valence-electron chi connectivity index (χ0n) is 8.90. The third kappa shape index (κ3) is 1.66. The van der Waals surface area contributed by atoms with Crippen LogP contribution in [0.2, 0.25) is 0 Å². The number of anilines is 1. The van der Waals surface area contributed by atoms with Crippen LogP contribution in [0.25, 0.3) is 0 Å². The van der Waals surface area contributed by atoms with E-state index in [-0.39, 0.29) is 6.04 Å². The lowest BCUT2D eigenvalue weighted by Gasteiger charge is -2.21. The second kappa shape index (κ2) is 3.87. The van der Waals surface area contributed by atoms with E-state index in [0.29, 0.717) is 0 Å². The van der Waals surface area contributed by atoms with E-state index in [0.717, 1.165) is 23.2 Å². The van der Waals surface area contributed by atoms with Crippen molar-refractivity contribution >= 4 is 12.0 Å². The van der Waals surface area contributed by atoms with Gasteiger partial charge in [0.05, 0.1) is 11.7 Å². The van der Waals surface area contributed by atoms with Gasteiger partial charge in [-0.25, -0.2) is 5.43 Å². The molecule has 1 unspecified atom stereocenters. The molecule has 3 heteroatoms. The predicted octanol–water partition coefficient (Wildman–Crippen LogP) is 1.87. The first-order valence-corrected chi connectivity index (χ1v) is 5.01. The summed E-state index contributed by atoms with van der Waals surface area (Å²) in [6.07, 6.45) is 0.927. The highest BCUT2D eigenvalue weighted by molar-refractivity contribution is 5.79. The molecule has 15 heavy (non-hydrogen) atoms. The van der Waals surface area contributed by atoms with Gasteiger partial charge in [-0.2, -0.15) is 0 Å². The Morgan fingerprint density at radius 2 is 2.00 bits per heavy atom. The highest BCUT2D eigenvalue weighted by atomic mass is 16.1. The summed E-state index contributed by atoms with van der Waals surface area (Å²) in [6, 6.07) is 10.0. The average molecular weight is 202 g/mol. The Kier molecular flexibility index (Phi) is 2.56. The molecule has 0 aliphatic carbocycles. The summed E-state index contributed by atoms with van der Waals surface area (Å²) in [4.78, 5) is 10.9. The summed E-state index contributed by atoms with van der Waals surface area (Å²) >= 11 is 0. The molecule has 1 N–H and O–H groups in total. The number of nitrogens with one attached hydrogen (secondary N) is 1. The summed E-state index contributed by atoms with van der Waals surface area (Å²) in [7, 11) is 0. The van der Waals surface area contributed by atoms with Gasteiger partial charge in [0.15, 0.2) is 0 Å². The van der Waals surface area contributed by atoms with Gasteiger partial charge < -0.3 is 0 Å². The third-order valence-electron chi connectivity index (χ3n) is 2.68. The van der Waals surface area contributed by atoms with Crippen LogP contribution in [0.4, 0.5) is 5.69 Å². The summed E-state index contributed by atoms with van der Waals surface area (Å²) in [5.74, 6) is 0. The number of benzene rings is 1. The van der Waals surface area contributed by atoms with Crippen LogP contribution in [0.3, 0.4) is 0 Å². The standard InChI is InChI=1S/C12H14N2O/c1-9-12(8-15)10(2)14(13-9)11-6-4-3-5-7-11/h3-9,13H,1-2H3. The monoisotopic (exact) mass is 202 g/mol. The maximum absolute atomic E-state index is 10.9. The Morgan fingerprint density at radius 3 is 2.53 bits per heavy atom. The molecule has 1 aromatic rings. The van der Waals surface area contributed by atoms with Gasteiger partial charge in [0.1, 0.15) is 6.29 Å². The molecule has 0 amide bonds. The number of aldehydes is 1. The number of nitrogens with zero attached hydrogens (tertiary/aromatic N) is 1. The van der Waals surface area contributed by atoms with Crippen LogP contribution in [-0.2, 0) is 4.79 Å². The zero-order valence-corrected chi connectivity index (χ0v) is 8.90. The number of hydrogen-bond donors (Lipinski definition) is 1. The van der Waals surface area contributed by atoms with Crippen molar-refractivity contribution < 1.29 is 4.79 Å². The van der Waals surface area contributed by atoms with Crippen molar-refractivity contribution in [1.82, 2.24) is 5.43 Å². The van der Waals surface area contributed by atoms with Crippen LogP contribution in [0.15, 0.2) is 41.6 Å². The van der Waals surface area contributed by atoms with Crippen LogP contribution >= 0.6 is 0 Å². The fourth-order valence-electron chi connectivity index (χ4n) is 1.84. The van der Waals surface area contributed by atoms with Crippen molar-refractivity contribution in [3.8, 4) is 0 Å². The normalized spacial score (nSPS) is 20.9. The first-order valence-electron chi connectivity index (χ1n) is 5.01. The van der Waals surface area contributed by atoms with Gasteiger partial charge in [0, 0.05) is 11.3 Å². The van der Waals surface area contributed by atoms with Gasteiger partial charge in [0.2, 0.25) is 0 Å². The van der Waals surface area contributed by atoms with Crippen molar-refractivity contribution in [2.45, 2.75) is 19.9 Å². The maximum Gasteiger partial charge on any atom is 0.149 e. The van der Waals surface area contributed by atoms with Gasteiger partial charge >= 0.3 is 0 Å². The van der Waals surface area contributed by atoms with Gasteiger partial charge in [-0.1, -0.05) is 18.2 Å². The summed E-state index contributed by atoms with van der Waals surface area (Å²) < 4.78 is 0. The van der Waals surface area contributed by atoms with Crippen LogP contribution in [0.1, 0.15) is 13.8 Å². The number of rotatable bonds is 2. The number of allylic oxidation sites excluding steroid dienone is 1.